The highest BCUT2D eigenvalue weighted by Gasteiger charge is 2.20. The van der Waals surface area contributed by atoms with E-state index in [2.05, 4.69) is 28.7 Å². The molecule has 2 heterocycles. The van der Waals surface area contributed by atoms with E-state index < -0.39 is 5.91 Å². The molecule has 1 saturated heterocycles. The lowest BCUT2D eigenvalue weighted by atomic mass is 10.0. The molecule has 5 nitrogen and oxygen atoms in total. The summed E-state index contributed by atoms with van der Waals surface area (Å²) in [6.07, 6.45) is 6.26. The molecule has 5 heteroatoms. The molecule has 1 aromatic heterocycles. The summed E-state index contributed by atoms with van der Waals surface area (Å²) in [4.78, 5) is 22.6. The van der Waals surface area contributed by atoms with Crippen LogP contribution in [0.4, 0.5) is 5.82 Å². The highest BCUT2D eigenvalue weighted by atomic mass is 16.1. The zero-order valence-corrected chi connectivity index (χ0v) is 11.7. The lowest BCUT2D eigenvalue weighted by Crippen LogP contribution is -2.31. The van der Waals surface area contributed by atoms with Gasteiger partial charge in [0.15, 0.2) is 0 Å². The van der Waals surface area contributed by atoms with Crippen LogP contribution in [0.25, 0.3) is 0 Å². The number of piperidine rings is 1. The van der Waals surface area contributed by atoms with Gasteiger partial charge in [0.1, 0.15) is 11.5 Å². The highest BCUT2D eigenvalue weighted by molar-refractivity contribution is 5.92. The van der Waals surface area contributed by atoms with E-state index in [1.54, 1.807) is 6.20 Å². The second-order valence-electron chi connectivity index (χ2n) is 5.18. The summed E-state index contributed by atoms with van der Waals surface area (Å²) < 4.78 is 0. The summed E-state index contributed by atoms with van der Waals surface area (Å²) in [6, 6.07) is 0. The zero-order chi connectivity index (χ0) is 13.8. The minimum Gasteiger partial charge on any atom is -0.364 e. The number of amides is 1. The monoisotopic (exact) mass is 262 g/mol. The highest BCUT2D eigenvalue weighted by Crippen LogP contribution is 2.23. The summed E-state index contributed by atoms with van der Waals surface area (Å²) in [5, 5.41) is 0. The molecule has 1 aromatic rings. The summed E-state index contributed by atoms with van der Waals surface area (Å²) in [5.74, 6) is 0.577. The van der Waals surface area contributed by atoms with Gasteiger partial charge < -0.3 is 10.6 Å². The van der Waals surface area contributed by atoms with Crippen molar-refractivity contribution in [3.05, 3.63) is 17.6 Å². The van der Waals surface area contributed by atoms with Crippen molar-refractivity contribution < 1.29 is 4.79 Å². The van der Waals surface area contributed by atoms with E-state index in [0.29, 0.717) is 5.69 Å². The molecule has 1 aliphatic heterocycles. The van der Waals surface area contributed by atoms with Gasteiger partial charge >= 0.3 is 0 Å². The quantitative estimate of drug-likeness (QED) is 0.901. The fourth-order valence-corrected chi connectivity index (χ4v) is 2.40. The molecule has 1 aliphatic rings. The van der Waals surface area contributed by atoms with Crippen LogP contribution in [0.15, 0.2) is 6.20 Å². The largest absolute Gasteiger partial charge is 0.364 e. The van der Waals surface area contributed by atoms with Gasteiger partial charge in [-0.1, -0.05) is 13.8 Å². The van der Waals surface area contributed by atoms with Crippen molar-refractivity contribution in [2.45, 2.75) is 45.4 Å². The number of nitrogens with zero attached hydrogens (tertiary/aromatic N) is 3. The van der Waals surface area contributed by atoms with Crippen molar-refractivity contribution >= 4 is 11.7 Å². The van der Waals surface area contributed by atoms with Crippen LogP contribution in [-0.2, 0) is 0 Å². The molecule has 2 rings (SSSR count). The SMILES string of the molecule is CCC(C)c1nc(N2CCCCC2)cnc1C(N)=O. The fourth-order valence-electron chi connectivity index (χ4n) is 2.40. The lowest BCUT2D eigenvalue weighted by molar-refractivity contribution is 0.0993. The Balaban J connectivity index is 2.34. The molecule has 1 amide bonds. The normalized spacial score (nSPS) is 17.3. The number of anilines is 1. The van der Waals surface area contributed by atoms with Crippen LogP contribution in [0, 0.1) is 0 Å². The third-order valence-corrected chi connectivity index (χ3v) is 3.78. The van der Waals surface area contributed by atoms with Crippen LogP contribution < -0.4 is 10.6 Å². The van der Waals surface area contributed by atoms with Gasteiger partial charge in [-0.05, 0) is 25.7 Å². The second-order valence-corrected chi connectivity index (χ2v) is 5.18. The Hall–Kier alpha value is -1.65. The molecule has 1 atom stereocenters. The van der Waals surface area contributed by atoms with E-state index in [-0.39, 0.29) is 5.92 Å². The predicted octanol–water partition coefficient (Wildman–Crippen LogP) is 2.08. The average molecular weight is 262 g/mol. The Bertz CT molecular complexity index is 455. The molecule has 0 spiro atoms. The summed E-state index contributed by atoms with van der Waals surface area (Å²) in [6.45, 7) is 6.16. The van der Waals surface area contributed by atoms with Gasteiger partial charge in [0.05, 0.1) is 11.9 Å². The number of rotatable bonds is 4. The van der Waals surface area contributed by atoms with Crippen molar-refractivity contribution in [2.24, 2.45) is 5.73 Å². The van der Waals surface area contributed by atoms with Gasteiger partial charge in [-0.25, -0.2) is 9.97 Å². The van der Waals surface area contributed by atoms with E-state index in [9.17, 15) is 4.79 Å². The van der Waals surface area contributed by atoms with Crippen LogP contribution in [-0.4, -0.2) is 29.0 Å². The van der Waals surface area contributed by atoms with Gasteiger partial charge in [0.2, 0.25) is 0 Å². The number of carbonyl (C=O) groups is 1. The van der Waals surface area contributed by atoms with Crippen LogP contribution in [0.3, 0.4) is 0 Å². The Morgan fingerprint density at radius 2 is 2.11 bits per heavy atom. The lowest BCUT2D eigenvalue weighted by Gasteiger charge is -2.28. The van der Waals surface area contributed by atoms with Crippen molar-refractivity contribution in [2.75, 3.05) is 18.0 Å². The van der Waals surface area contributed by atoms with Crippen LogP contribution >= 0.6 is 0 Å². The molecule has 0 bridgehead atoms. The molecule has 104 valence electrons. The summed E-state index contributed by atoms with van der Waals surface area (Å²) in [7, 11) is 0. The molecule has 19 heavy (non-hydrogen) atoms. The van der Waals surface area contributed by atoms with Crippen molar-refractivity contribution in [3.8, 4) is 0 Å². The first-order valence-electron chi connectivity index (χ1n) is 7.05. The van der Waals surface area contributed by atoms with Gasteiger partial charge in [0.25, 0.3) is 5.91 Å². The predicted molar refractivity (Wildman–Crippen MR) is 75.3 cm³/mol. The van der Waals surface area contributed by atoms with Crippen molar-refractivity contribution in [3.63, 3.8) is 0 Å². The molecule has 2 N–H and O–H groups in total. The molecule has 0 aromatic carbocycles. The summed E-state index contributed by atoms with van der Waals surface area (Å²) in [5.41, 5.74) is 6.43. The van der Waals surface area contributed by atoms with E-state index in [1.165, 1.54) is 19.3 Å². The number of carbonyl (C=O) groups excluding carboxylic acids is 1. The van der Waals surface area contributed by atoms with Crippen molar-refractivity contribution in [1.29, 1.82) is 0 Å². The van der Waals surface area contributed by atoms with E-state index in [4.69, 9.17) is 5.73 Å². The standard InChI is InChI=1S/C14H22N4O/c1-3-10(2)12-13(14(15)19)16-9-11(17-12)18-7-5-4-6-8-18/h9-10H,3-8H2,1-2H3,(H2,15,19). The molecular formula is C14H22N4O. The van der Waals surface area contributed by atoms with Crippen LogP contribution in [0.2, 0.25) is 0 Å². The first kappa shape index (κ1) is 13.8. The summed E-state index contributed by atoms with van der Waals surface area (Å²) >= 11 is 0. The van der Waals surface area contributed by atoms with Gasteiger partial charge in [-0.2, -0.15) is 0 Å². The number of aromatic nitrogens is 2. The van der Waals surface area contributed by atoms with Gasteiger partial charge in [0, 0.05) is 19.0 Å². The Labute approximate surface area is 114 Å². The van der Waals surface area contributed by atoms with Gasteiger partial charge in [-0.15, -0.1) is 0 Å². The third kappa shape index (κ3) is 3.03. The number of hydrogen-bond donors (Lipinski definition) is 1. The van der Waals surface area contributed by atoms with Gasteiger partial charge in [-0.3, -0.25) is 4.79 Å². The minimum atomic E-state index is -0.493. The maximum Gasteiger partial charge on any atom is 0.269 e. The van der Waals surface area contributed by atoms with E-state index in [1.807, 2.05) is 0 Å². The third-order valence-electron chi connectivity index (χ3n) is 3.78. The van der Waals surface area contributed by atoms with Crippen molar-refractivity contribution in [1.82, 2.24) is 9.97 Å². The second kappa shape index (κ2) is 5.99. The Morgan fingerprint density at radius 3 is 2.68 bits per heavy atom. The first-order valence-corrected chi connectivity index (χ1v) is 7.05. The Kier molecular flexibility index (Phi) is 4.35. The van der Waals surface area contributed by atoms with E-state index in [0.717, 1.165) is 31.0 Å². The number of nitrogens with two attached hydrogens (primary N) is 1. The molecule has 1 fully saturated rings. The molecule has 0 radical (unpaired) electrons. The topological polar surface area (TPSA) is 72.1 Å². The molecule has 0 saturated carbocycles. The first-order chi connectivity index (χ1) is 9.13. The number of hydrogen-bond acceptors (Lipinski definition) is 4. The fraction of sp³-hybridized carbons (Fsp3) is 0.643. The maximum absolute atomic E-state index is 11.4. The van der Waals surface area contributed by atoms with E-state index >= 15 is 0 Å². The molecule has 1 unspecified atom stereocenters. The van der Waals surface area contributed by atoms with Crippen LogP contribution in [0.5, 0.6) is 0 Å². The minimum absolute atomic E-state index is 0.194. The maximum atomic E-state index is 11.4. The number of primary amides is 1. The zero-order valence-electron chi connectivity index (χ0n) is 11.7. The smallest absolute Gasteiger partial charge is 0.269 e. The molecular weight excluding hydrogens is 240 g/mol. The van der Waals surface area contributed by atoms with Crippen LogP contribution in [0.1, 0.15) is 61.6 Å². The Morgan fingerprint density at radius 1 is 1.42 bits per heavy atom. The molecule has 0 aliphatic carbocycles. The average Bonchev–Trinajstić information content (AvgIpc) is 2.46.